The fraction of sp³-hybridized carbons (Fsp3) is 0.700. The van der Waals surface area contributed by atoms with Crippen molar-refractivity contribution in [3.05, 3.63) is 11.3 Å². The molecule has 0 saturated heterocycles. The maximum Gasteiger partial charge on any atom is 0.129 e. The molecule has 0 aromatic carbocycles. The van der Waals surface area contributed by atoms with Crippen LogP contribution in [-0.4, -0.2) is 22.9 Å². The van der Waals surface area contributed by atoms with Gasteiger partial charge in [0.2, 0.25) is 0 Å². The molecule has 1 aromatic heterocycles. The van der Waals surface area contributed by atoms with Gasteiger partial charge in [-0.2, -0.15) is 5.10 Å². The van der Waals surface area contributed by atoms with Gasteiger partial charge in [-0.25, -0.2) is 0 Å². The number of hydrogen-bond acceptors (Lipinski definition) is 3. The lowest BCUT2D eigenvalue weighted by Gasteiger charge is -2.09. The van der Waals surface area contributed by atoms with Gasteiger partial charge in [-0.1, -0.05) is 0 Å². The van der Waals surface area contributed by atoms with Crippen LogP contribution < -0.4 is 5.32 Å². The SMILES string of the molecule is CNc1c(COC(C)C)c(C)nn1C. The molecule has 4 heteroatoms. The maximum atomic E-state index is 5.57. The van der Waals surface area contributed by atoms with Crippen LogP contribution in [-0.2, 0) is 18.4 Å². The van der Waals surface area contributed by atoms with E-state index in [-0.39, 0.29) is 6.10 Å². The van der Waals surface area contributed by atoms with Crippen molar-refractivity contribution in [3.63, 3.8) is 0 Å². The molecule has 80 valence electrons. The second kappa shape index (κ2) is 4.46. The highest BCUT2D eigenvalue weighted by Crippen LogP contribution is 2.19. The molecule has 4 nitrogen and oxygen atoms in total. The zero-order chi connectivity index (χ0) is 10.7. The molecule has 1 N–H and O–H groups in total. The molecule has 0 aliphatic rings. The lowest BCUT2D eigenvalue weighted by molar-refractivity contribution is 0.0657. The quantitative estimate of drug-likeness (QED) is 0.798. The Hall–Kier alpha value is -1.03. The number of hydrogen-bond donors (Lipinski definition) is 1. The molecule has 0 fully saturated rings. The van der Waals surface area contributed by atoms with E-state index in [4.69, 9.17) is 4.74 Å². The van der Waals surface area contributed by atoms with E-state index < -0.39 is 0 Å². The monoisotopic (exact) mass is 197 g/mol. The highest BCUT2D eigenvalue weighted by Gasteiger charge is 2.12. The average Bonchev–Trinajstić information content (AvgIpc) is 2.36. The van der Waals surface area contributed by atoms with Crippen LogP contribution >= 0.6 is 0 Å². The Morgan fingerprint density at radius 3 is 2.64 bits per heavy atom. The Balaban J connectivity index is 2.83. The highest BCUT2D eigenvalue weighted by molar-refractivity contribution is 5.46. The average molecular weight is 197 g/mol. The number of ether oxygens (including phenoxy) is 1. The lowest BCUT2D eigenvalue weighted by atomic mass is 10.2. The Labute approximate surface area is 85.3 Å². The lowest BCUT2D eigenvalue weighted by Crippen LogP contribution is -2.05. The topological polar surface area (TPSA) is 39.1 Å². The van der Waals surface area contributed by atoms with Crippen molar-refractivity contribution in [3.8, 4) is 0 Å². The molecule has 1 rings (SSSR count). The third kappa shape index (κ3) is 2.26. The third-order valence-electron chi connectivity index (χ3n) is 2.14. The standard InChI is InChI=1S/C10H19N3O/c1-7(2)14-6-9-8(3)12-13(5)10(9)11-4/h7,11H,6H2,1-5H3. The summed E-state index contributed by atoms with van der Waals surface area (Å²) in [5, 5.41) is 7.46. The van der Waals surface area contributed by atoms with Gasteiger partial charge in [-0.3, -0.25) is 4.68 Å². The first kappa shape index (κ1) is 11.0. The van der Waals surface area contributed by atoms with E-state index in [0.29, 0.717) is 6.61 Å². The van der Waals surface area contributed by atoms with E-state index in [1.807, 2.05) is 39.5 Å². The summed E-state index contributed by atoms with van der Waals surface area (Å²) in [6.45, 7) is 6.68. The number of aromatic nitrogens is 2. The van der Waals surface area contributed by atoms with E-state index in [1.165, 1.54) is 0 Å². The number of rotatable bonds is 4. The maximum absolute atomic E-state index is 5.57. The largest absolute Gasteiger partial charge is 0.374 e. The van der Waals surface area contributed by atoms with Crippen LogP contribution in [0.25, 0.3) is 0 Å². The summed E-state index contributed by atoms with van der Waals surface area (Å²) >= 11 is 0. The Morgan fingerprint density at radius 2 is 2.14 bits per heavy atom. The van der Waals surface area contributed by atoms with E-state index in [2.05, 4.69) is 10.4 Å². The normalized spacial score (nSPS) is 11.0. The van der Waals surface area contributed by atoms with Gasteiger partial charge >= 0.3 is 0 Å². The van der Waals surface area contributed by atoms with Crippen LogP contribution in [0.3, 0.4) is 0 Å². The van der Waals surface area contributed by atoms with Crippen molar-refractivity contribution in [2.45, 2.75) is 33.5 Å². The summed E-state index contributed by atoms with van der Waals surface area (Å²) in [5.74, 6) is 1.03. The predicted octanol–water partition coefficient (Wildman–Crippen LogP) is 1.70. The summed E-state index contributed by atoms with van der Waals surface area (Å²) in [6, 6.07) is 0. The second-order valence-corrected chi connectivity index (χ2v) is 3.65. The molecule has 0 aliphatic heterocycles. The molecule has 0 spiro atoms. The second-order valence-electron chi connectivity index (χ2n) is 3.65. The first-order chi connectivity index (χ1) is 6.56. The molecule has 1 aromatic rings. The summed E-state index contributed by atoms with van der Waals surface area (Å²) in [4.78, 5) is 0. The van der Waals surface area contributed by atoms with Gasteiger partial charge in [0.15, 0.2) is 0 Å². The van der Waals surface area contributed by atoms with Crippen molar-refractivity contribution < 1.29 is 4.74 Å². The van der Waals surface area contributed by atoms with Crippen LogP contribution in [0.2, 0.25) is 0 Å². The van der Waals surface area contributed by atoms with Gasteiger partial charge in [-0.05, 0) is 20.8 Å². The van der Waals surface area contributed by atoms with Crippen molar-refractivity contribution in [1.82, 2.24) is 9.78 Å². The predicted molar refractivity (Wildman–Crippen MR) is 57.4 cm³/mol. The van der Waals surface area contributed by atoms with E-state index >= 15 is 0 Å². The van der Waals surface area contributed by atoms with Crippen molar-refractivity contribution in [2.24, 2.45) is 7.05 Å². The highest BCUT2D eigenvalue weighted by atomic mass is 16.5. The molecule has 1 heterocycles. The van der Waals surface area contributed by atoms with Gasteiger partial charge in [0, 0.05) is 19.7 Å². The Kier molecular flexibility index (Phi) is 3.52. The van der Waals surface area contributed by atoms with Crippen LogP contribution in [0.15, 0.2) is 0 Å². The molecule has 0 unspecified atom stereocenters. The van der Waals surface area contributed by atoms with Crippen LogP contribution in [0.1, 0.15) is 25.1 Å². The zero-order valence-corrected chi connectivity index (χ0v) is 9.59. The van der Waals surface area contributed by atoms with Crippen LogP contribution in [0, 0.1) is 6.92 Å². The Bertz CT molecular complexity index is 305. The summed E-state index contributed by atoms with van der Waals surface area (Å²) in [6.07, 6.45) is 0.249. The van der Waals surface area contributed by atoms with Crippen molar-refractivity contribution in [2.75, 3.05) is 12.4 Å². The number of nitrogens with zero attached hydrogens (tertiary/aromatic N) is 2. The third-order valence-corrected chi connectivity index (χ3v) is 2.14. The van der Waals surface area contributed by atoms with Crippen molar-refractivity contribution in [1.29, 1.82) is 0 Å². The fourth-order valence-corrected chi connectivity index (χ4v) is 1.44. The van der Waals surface area contributed by atoms with Gasteiger partial charge in [-0.15, -0.1) is 0 Å². The summed E-state index contributed by atoms with van der Waals surface area (Å²) < 4.78 is 7.41. The Morgan fingerprint density at radius 1 is 1.50 bits per heavy atom. The minimum atomic E-state index is 0.249. The number of nitrogens with one attached hydrogen (secondary N) is 1. The molecule has 0 radical (unpaired) electrons. The van der Waals surface area contributed by atoms with Gasteiger partial charge in [0.05, 0.1) is 18.4 Å². The molecule has 0 saturated carbocycles. The zero-order valence-electron chi connectivity index (χ0n) is 9.59. The molecule has 0 atom stereocenters. The molecular formula is C10H19N3O. The summed E-state index contributed by atoms with van der Waals surface area (Å²) in [5.41, 5.74) is 2.17. The van der Waals surface area contributed by atoms with Crippen LogP contribution in [0.5, 0.6) is 0 Å². The molecular weight excluding hydrogens is 178 g/mol. The number of aryl methyl sites for hydroxylation is 2. The van der Waals surface area contributed by atoms with E-state index in [0.717, 1.165) is 17.1 Å². The fourth-order valence-electron chi connectivity index (χ4n) is 1.44. The smallest absolute Gasteiger partial charge is 0.129 e. The van der Waals surface area contributed by atoms with Crippen LogP contribution in [0.4, 0.5) is 5.82 Å². The number of anilines is 1. The van der Waals surface area contributed by atoms with Crippen molar-refractivity contribution >= 4 is 5.82 Å². The van der Waals surface area contributed by atoms with E-state index in [9.17, 15) is 0 Å². The molecule has 0 aliphatic carbocycles. The van der Waals surface area contributed by atoms with Gasteiger partial charge in [0.25, 0.3) is 0 Å². The first-order valence-electron chi connectivity index (χ1n) is 4.88. The molecule has 14 heavy (non-hydrogen) atoms. The minimum Gasteiger partial charge on any atom is -0.374 e. The summed E-state index contributed by atoms with van der Waals surface area (Å²) in [7, 11) is 3.83. The first-order valence-corrected chi connectivity index (χ1v) is 4.88. The van der Waals surface area contributed by atoms with E-state index in [1.54, 1.807) is 0 Å². The molecule has 0 bridgehead atoms. The molecule has 0 amide bonds. The minimum absolute atomic E-state index is 0.249. The van der Waals surface area contributed by atoms with Gasteiger partial charge < -0.3 is 10.1 Å². The van der Waals surface area contributed by atoms with Gasteiger partial charge in [0.1, 0.15) is 5.82 Å².